The molecular formula is C12H7F2N3. The summed E-state index contributed by atoms with van der Waals surface area (Å²) in [7, 11) is 0. The largest absolute Gasteiger partial charge is 0.262 e. The third-order valence-electron chi connectivity index (χ3n) is 2.47. The highest BCUT2D eigenvalue weighted by molar-refractivity contribution is 5.80. The van der Waals surface area contributed by atoms with E-state index in [0.29, 0.717) is 11.1 Å². The lowest BCUT2D eigenvalue weighted by molar-refractivity contribution is 0.588. The van der Waals surface area contributed by atoms with Gasteiger partial charge in [0, 0.05) is 17.6 Å². The lowest BCUT2D eigenvalue weighted by atomic mass is 10.2. The fraction of sp³-hybridized carbons (Fsp3) is 0. The van der Waals surface area contributed by atoms with Gasteiger partial charge in [-0.2, -0.15) is 5.10 Å². The summed E-state index contributed by atoms with van der Waals surface area (Å²) < 4.78 is 28.1. The molecule has 0 aliphatic carbocycles. The summed E-state index contributed by atoms with van der Waals surface area (Å²) in [5.74, 6) is -1.25. The van der Waals surface area contributed by atoms with E-state index in [1.54, 1.807) is 24.5 Å². The predicted molar refractivity (Wildman–Crippen MR) is 58.8 cm³/mol. The van der Waals surface area contributed by atoms with Crippen molar-refractivity contribution in [1.82, 2.24) is 14.8 Å². The molecule has 0 atom stereocenters. The second-order valence-corrected chi connectivity index (χ2v) is 3.59. The van der Waals surface area contributed by atoms with Gasteiger partial charge in [0.25, 0.3) is 0 Å². The molecule has 0 unspecified atom stereocenters. The molecule has 5 heteroatoms. The van der Waals surface area contributed by atoms with Crippen LogP contribution >= 0.6 is 0 Å². The lowest BCUT2D eigenvalue weighted by Gasteiger charge is -2.03. The molecule has 2 aromatic heterocycles. The zero-order valence-electron chi connectivity index (χ0n) is 8.64. The molecule has 0 spiro atoms. The van der Waals surface area contributed by atoms with Crippen molar-refractivity contribution in [3.63, 3.8) is 0 Å². The third kappa shape index (κ3) is 1.56. The predicted octanol–water partition coefficient (Wildman–Crippen LogP) is 2.70. The molecule has 0 amide bonds. The van der Waals surface area contributed by atoms with Gasteiger partial charge < -0.3 is 0 Å². The lowest BCUT2D eigenvalue weighted by Crippen LogP contribution is -1.98. The maximum absolute atomic E-state index is 13.7. The van der Waals surface area contributed by atoms with Gasteiger partial charge in [0.2, 0.25) is 0 Å². The van der Waals surface area contributed by atoms with Crippen molar-refractivity contribution < 1.29 is 8.78 Å². The Morgan fingerprint density at radius 1 is 1.12 bits per heavy atom. The summed E-state index contributed by atoms with van der Waals surface area (Å²) in [5.41, 5.74) is 0.882. The van der Waals surface area contributed by atoms with Gasteiger partial charge in [-0.25, -0.2) is 13.5 Å². The first-order valence-electron chi connectivity index (χ1n) is 4.99. The van der Waals surface area contributed by atoms with Gasteiger partial charge in [0.15, 0.2) is 5.82 Å². The van der Waals surface area contributed by atoms with Crippen LogP contribution in [0, 0.1) is 11.6 Å². The number of hydrogen-bond acceptors (Lipinski definition) is 2. The molecule has 84 valence electrons. The number of benzene rings is 1. The van der Waals surface area contributed by atoms with Gasteiger partial charge in [0.1, 0.15) is 11.3 Å². The minimum Gasteiger partial charge on any atom is -0.262 e. The van der Waals surface area contributed by atoms with Crippen LogP contribution in [0.15, 0.2) is 42.9 Å². The molecule has 3 nitrogen and oxygen atoms in total. The smallest absolute Gasteiger partial charge is 0.152 e. The third-order valence-corrected chi connectivity index (χ3v) is 2.47. The Bertz CT molecular complexity index is 677. The molecule has 0 radical (unpaired) electrons. The average Bonchev–Trinajstić information content (AvgIpc) is 2.74. The highest BCUT2D eigenvalue weighted by Gasteiger charge is 2.11. The van der Waals surface area contributed by atoms with Gasteiger partial charge in [-0.3, -0.25) is 4.98 Å². The maximum atomic E-state index is 13.7. The zero-order valence-corrected chi connectivity index (χ0v) is 8.64. The molecule has 0 fully saturated rings. The van der Waals surface area contributed by atoms with Crippen molar-refractivity contribution in [2.24, 2.45) is 0 Å². The summed E-state index contributed by atoms with van der Waals surface area (Å²) in [6.07, 6.45) is 4.61. The summed E-state index contributed by atoms with van der Waals surface area (Å²) in [5, 5.41) is 4.46. The minimum absolute atomic E-state index is 0.249. The van der Waals surface area contributed by atoms with Crippen molar-refractivity contribution in [2.45, 2.75) is 0 Å². The Hall–Kier alpha value is -2.30. The van der Waals surface area contributed by atoms with Gasteiger partial charge in [-0.15, -0.1) is 0 Å². The Morgan fingerprint density at radius 3 is 2.76 bits per heavy atom. The fourth-order valence-electron chi connectivity index (χ4n) is 1.76. The van der Waals surface area contributed by atoms with E-state index in [4.69, 9.17) is 0 Å². The standard InChI is InChI=1S/C12H7F2N3/c13-9-4-8-6-16-17(12(8)11(14)5-9)10-2-1-3-15-7-10/h1-7H. The van der Waals surface area contributed by atoms with E-state index in [1.807, 2.05) is 0 Å². The number of rotatable bonds is 1. The number of hydrogen-bond donors (Lipinski definition) is 0. The van der Waals surface area contributed by atoms with Crippen molar-refractivity contribution in [1.29, 1.82) is 0 Å². The highest BCUT2D eigenvalue weighted by atomic mass is 19.1. The first-order chi connectivity index (χ1) is 8.25. The molecule has 1 aromatic carbocycles. The summed E-state index contributed by atoms with van der Waals surface area (Å²) in [6, 6.07) is 5.57. The number of pyridine rings is 1. The van der Waals surface area contributed by atoms with E-state index in [0.717, 1.165) is 6.07 Å². The van der Waals surface area contributed by atoms with E-state index < -0.39 is 11.6 Å². The first-order valence-corrected chi connectivity index (χ1v) is 4.99. The number of nitrogens with zero attached hydrogens (tertiary/aromatic N) is 3. The molecule has 0 saturated carbocycles. The second-order valence-electron chi connectivity index (χ2n) is 3.59. The summed E-state index contributed by atoms with van der Waals surface area (Å²) in [4.78, 5) is 3.94. The quantitative estimate of drug-likeness (QED) is 0.644. The van der Waals surface area contributed by atoms with E-state index in [2.05, 4.69) is 10.1 Å². The Morgan fingerprint density at radius 2 is 2.00 bits per heavy atom. The normalized spacial score (nSPS) is 10.9. The van der Waals surface area contributed by atoms with Crippen LogP contribution in [0.3, 0.4) is 0 Å². The van der Waals surface area contributed by atoms with E-state index in [1.165, 1.54) is 16.9 Å². The molecule has 3 rings (SSSR count). The van der Waals surface area contributed by atoms with Crippen LogP contribution in [0.4, 0.5) is 8.78 Å². The second kappa shape index (κ2) is 3.62. The van der Waals surface area contributed by atoms with E-state index >= 15 is 0 Å². The molecule has 17 heavy (non-hydrogen) atoms. The Labute approximate surface area is 95.3 Å². The SMILES string of the molecule is Fc1cc(F)c2c(cnn2-c2cccnc2)c1. The first kappa shape index (κ1) is 9.89. The number of fused-ring (bicyclic) bond motifs is 1. The molecule has 0 aliphatic heterocycles. The topological polar surface area (TPSA) is 30.7 Å². The van der Waals surface area contributed by atoms with Crippen LogP contribution in [-0.2, 0) is 0 Å². The van der Waals surface area contributed by atoms with Crippen molar-refractivity contribution in [3.8, 4) is 5.69 Å². The van der Waals surface area contributed by atoms with Crippen LogP contribution in [0.25, 0.3) is 16.6 Å². The van der Waals surface area contributed by atoms with Gasteiger partial charge in [-0.05, 0) is 18.2 Å². The Balaban J connectivity index is 2.32. The average molecular weight is 231 g/mol. The zero-order chi connectivity index (χ0) is 11.8. The summed E-state index contributed by atoms with van der Waals surface area (Å²) >= 11 is 0. The highest BCUT2D eigenvalue weighted by Crippen LogP contribution is 2.21. The van der Waals surface area contributed by atoms with Gasteiger partial charge >= 0.3 is 0 Å². The molecule has 0 N–H and O–H groups in total. The van der Waals surface area contributed by atoms with Crippen LogP contribution in [0.5, 0.6) is 0 Å². The van der Waals surface area contributed by atoms with E-state index in [-0.39, 0.29) is 5.52 Å². The van der Waals surface area contributed by atoms with Gasteiger partial charge in [-0.1, -0.05) is 0 Å². The van der Waals surface area contributed by atoms with Crippen molar-refractivity contribution in [3.05, 3.63) is 54.5 Å². The van der Waals surface area contributed by atoms with Crippen LogP contribution < -0.4 is 0 Å². The Kier molecular flexibility index (Phi) is 2.11. The fourth-order valence-corrected chi connectivity index (χ4v) is 1.76. The van der Waals surface area contributed by atoms with Crippen LogP contribution in [0.2, 0.25) is 0 Å². The van der Waals surface area contributed by atoms with E-state index in [9.17, 15) is 8.78 Å². The molecule has 0 bridgehead atoms. The monoisotopic (exact) mass is 231 g/mol. The molecule has 0 saturated heterocycles. The molecular weight excluding hydrogens is 224 g/mol. The molecule has 2 heterocycles. The molecule has 0 aliphatic rings. The number of aromatic nitrogens is 3. The van der Waals surface area contributed by atoms with Gasteiger partial charge in [0.05, 0.1) is 18.1 Å². The minimum atomic E-state index is -0.638. The molecule has 3 aromatic rings. The van der Waals surface area contributed by atoms with Crippen molar-refractivity contribution >= 4 is 10.9 Å². The van der Waals surface area contributed by atoms with Crippen LogP contribution in [-0.4, -0.2) is 14.8 Å². The maximum Gasteiger partial charge on any atom is 0.152 e. The number of halogens is 2. The summed E-state index contributed by atoms with van der Waals surface area (Å²) in [6.45, 7) is 0. The van der Waals surface area contributed by atoms with Crippen LogP contribution in [0.1, 0.15) is 0 Å². The van der Waals surface area contributed by atoms with Crippen molar-refractivity contribution in [2.75, 3.05) is 0 Å².